The smallest absolute Gasteiger partial charge is 0.400 e. The number of phenolic OH excluding ortho intramolecular Hbond substituents is 1. The number of carbonyl (C=O) groups is 1. The number of alkyl halides is 4. The summed E-state index contributed by atoms with van der Waals surface area (Å²) in [5, 5.41) is 11.2. The van der Waals surface area contributed by atoms with E-state index >= 15 is 8.78 Å². The van der Waals surface area contributed by atoms with Crippen LogP contribution in [0.2, 0.25) is 0 Å². The number of methoxy groups -OCH3 is 1. The van der Waals surface area contributed by atoms with Crippen molar-refractivity contribution in [2.75, 3.05) is 51.3 Å². The number of phenols is 1. The third-order valence-corrected chi connectivity index (χ3v) is 11.8. The zero-order chi connectivity index (χ0) is 39.7. The zero-order valence-electron chi connectivity index (χ0n) is 30.8. The molecule has 1 amide bonds. The van der Waals surface area contributed by atoms with Crippen molar-refractivity contribution in [3.63, 3.8) is 0 Å². The Morgan fingerprint density at radius 1 is 1.05 bits per heavy atom. The summed E-state index contributed by atoms with van der Waals surface area (Å²) < 4.78 is 99.0. The Bertz CT molecular complexity index is 2240. The summed E-state index contributed by atoms with van der Waals surface area (Å²) in [6.07, 6.45) is 3.74. The van der Waals surface area contributed by atoms with E-state index in [0.29, 0.717) is 50.7 Å². The lowest BCUT2D eigenvalue weighted by molar-refractivity contribution is -0.187. The Morgan fingerprint density at radius 3 is 2.38 bits per heavy atom. The number of pyridine rings is 1. The molecular weight excluding hydrogens is 742 g/mol. The predicted octanol–water partition coefficient (Wildman–Crippen LogP) is 6.79. The van der Waals surface area contributed by atoms with Crippen LogP contribution in [-0.2, 0) is 4.79 Å². The molecule has 1 aliphatic carbocycles. The number of halogens is 6. The van der Waals surface area contributed by atoms with Gasteiger partial charge in [-0.2, -0.15) is 23.1 Å². The van der Waals surface area contributed by atoms with Gasteiger partial charge < -0.3 is 29.3 Å². The average Bonchev–Trinajstić information content (AvgIpc) is 3.89. The van der Waals surface area contributed by atoms with Gasteiger partial charge in [0.05, 0.1) is 19.3 Å². The number of aromatic nitrogens is 3. The average molecular weight is 783 g/mol. The molecule has 4 aromatic rings. The number of anilines is 1. The molecule has 2 aromatic carbocycles. The molecule has 3 unspecified atom stereocenters. The number of carbonyl (C=O) groups excluding carboxylic acids is 1. The number of piperidine rings is 1. The molecule has 16 heteroatoms. The van der Waals surface area contributed by atoms with Gasteiger partial charge in [-0.15, -0.1) is 6.42 Å². The van der Waals surface area contributed by atoms with Crippen LogP contribution in [0.5, 0.6) is 17.6 Å². The standard InChI is InChI=1S/C40H40F6N6O4/c1-4-27-29(42)8-5-22-15-26(53)16-28(30(22)27)33-32(43)34-31(36(47-33)55-3)35(51-17-24-6-7-25(18-51)52(24)37(54)21(2)40(44,45)46)49-38(48-34)56-20-39(11-12-39)19-50-13-9-23(41)10-14-50/h1,5,8,15-16,21,23-25,53H,6-7,9-14,17-20H2,2-3H3. The maximum atomic E-state index is 17.2. The van der Waals surface area contributed by atoms with E-state index in [1.807, 2.05) is 0 Å². The van der Waals surface area contributed by atoms with E-state index in [1.54, 1.807) is 4.90 Å². The highest BCUT2D eigenvalue weighted by atomic mass is 19.4. The molecule has 4 aliphatic rings. The summed E-state index contributed by atoms with van der Waals surface area (Å²) >= 11 is 0. The maximum Gasteiger partial charge on any atom is 0.400 e. The molecule has 3 atom stereocenters. The van der Waals surface area contributed by atoms with Crippen LogP contribution in [0.4, 0.5) is 32.2 Å². The Morgan fingerprint density at radius 2 is 1.75 bits per heavy atom. The number of piperazine rings is 1. The summed E-state index contributed by atoms with van der Waals surface area (Å²) in [5.74, 6) is -2.80. The molecule has 10 nitrogen and oxygen atoms in total. The minimum absolute atomic E-state index is 0.0225. The summed E-state index contributed by atoms with van der Waals surface area (Å²) in [5.41, 5.74) is -1.05. The summed E-state index contributed by atoms with van der Waals surface area (Å²) in [6, 6.07) is 3.80. The SMILES string of the molecule is C#Cc1c(F)ccc2cc(O)cc(-c3nc(OC)c4c(N5CC6CCC(C5)N6C(=O)C(C)C(F)(F)F)nc(OCC5(CN6CCC(F)CC6)CC5)nc4c3F)c12. The minimum Gasteiger partial charge on any atom is -0.508 e. The van der Waals surface area contributed by atoms with Crippen LogP contribution in [0.15, 0.2) is 24.3 Å². The summed E-state index contributed by atoms with van der Waals surface area (Å²) in [6.45, 7) is 3.17. The van der Waals surface area contributed by atoms with Crippen molar-refractivity contribution < 1.29 is 45.7 Å². The number of likely N-dealkylation sites (tertiary alicyclic amines) is 1. The van der Waals surface area contributed by atoms with Gasteiger partial charge in [-0.05, 0) is 69.0 Å². The molecule has 3 saturated heterocycles. The van der Waals surface area contributed by atoms with Gasteiger partial charge in [0.25, 0.3) is 0 Å². The molecule has 56 heavy (non-hydrogen) atoms. The lowest BCUT2D eigenvalue weighted by Gasteiger charge is -2.43. The van der Waals surface area contributed by atoms with E-state index in [2.05, 4.69) is 20.8 Å². The van der Waals surface area contributed by atoms with Crippen LogP contribution < -0.4 is 14.4 Å². The number of nitrogens with zero attached hydrogens (tertiary/aromatic N) is 6. The molecule has 1 N–H and O–H groups in total. The first kappa shape index (κ1) is 37.9. The van der Waals surface area contributed by atoms with Gasteiger partial charge in [-0.3, -0.25) is 4.79 Å². The van der Waals surface area contributed by atoms with Crippen molar-refractivity contribution in [3.05, 3.63) is 41.5 Å². The fourth-order valence-electron chi connectivity index (χ4n) is 8.55. The zero-order valence-corrected chi connectivity index (χ0v) is 30.8. The van der Waals surface area contributed by atoms with Gasteiger partial charge in [0.2, 0.25) is 11.8 Å². The third-order valence-electron chi connectivity index (χ3n) is 11.8. The number of terminal acetylenes is 1. The van der Waals surface area contributed by atoms with Crippen molar-refractivity contribution in [1.82, 2.24) is 24.8 Å². The number of fused-ring (bicyclic) bond motifs is 4. The lowest BCUT2D eigenvalue weighted by atomic mass is 9.95. The van der Waals surface area contributed by atoms with Crippen LogP contribution in [0.1, 0.15) is 51.0 Å². The molecular formula is C40H40F6N6O4. The number of aromatic hydroxyl groups is 1. The molecule has 8 rings (SSSR count). The van der Waals surface area contributed by atoms with Crippen molar-refractivity contribution in [1.29, 1.82) is 0 Å². The summed E-state index contributed by atoms with van der Waals surface area (Å²) in [4.78, 5) is 32.3. The Labute approximate surface area is 318 Å². The molecule has 296 valence electrons. The number of hydrogen-bond acceptors (Lipinski definition) is 9. The second-order valence-electron chi connectivity index (χ2n) is 15.5. The monoisotopic (exact) mass is 782 g/mol. The van der Waals surface area contributed by atoms with Crippen LogP contribution in [0.3, 0.4) is 0 Å². The van der Waals surface area contributed by atoms with Crippen LogP contribution in [0.25, 0.3) is 32.9 Å². The normalized spacial score (nSPS) is 21.7. The van der Waals surface area contributed by atoms with Gasteiger partial charge in [0, 0.05) is 61.2 Å². The van der Waals surface area contributed by atoms with Gasteiger partial charge in [-0.25, -0.2) is 18.2 Å². The highest BCUT2D eigenvalue weighted by Crippen LogP contribution is 2.48. The lowest BCUT2D eigenvalue weighted by Crippen LogP contribution is -2.58. The molecule has 1 saturated carbocycles. The van der Waals surface area contributed by atoms with Gasteiger partial charge in [0.1, 0.15) is 46.1 Å². The Balaban J connectivity index is 1.23. The van der Waals surface area contributed by atoms with E-state index in [-0.39, 0.29) is 81.7 Å². The third kappa shape index (κ3) is 6.77. The highest BCUT2D eigenvalue weighted by molar-refractivity contribution is 6.04. The molecule has 0 spiro atoms. The van der Waals surface area contributed by atoms with E-state index in [1.165, 1.54) is 30.2 Å². The van der Waals surface area contributed by atoms with Gasteiger partial charge >= 0.3 is 12.2 Å². The van der Waals surface area contributed by atoms with Crippen LogP contribution in [0, 0.1) is 35.3 Å². The van der Waals surface area contributed by atoms with E-state index in [4.69, 9.17) is 20.9 Å². The molecule has 0 radical (unpaired) electrons. The van der Waals surface area contributed by atoms with Crippen LogP contribution >= 0.6 is 0 Å². The van der Waals surface area contributed by atoms with Crippen molar-refractivity contribution >= 4 is 33.4 Å². The number of ether oxygens (including phenoxy) is 2. The number of hydrogen-bond donors (Lipinski definition) is 1. The fraction of sp³-hybridized carbons (Fsp3) is 0.500. The first-order valence-corrected chi connectivity index (χ1v) is 18.7. The molecule has 2 aromatic heterocycles. The topological polar surface area (TPSA) is 104 Å². The molecule has 4 fully saturated rings. The van der Waals surface area contributed by atoms with Crippen molar-refractivity contribution in [2.45, 2.75) is 69.9 Å². The summed E-state index contributed by atoms with van der Waals surface area (Å²) in [7, 11) is 1.31. The molecule has 3 aliphatic heterocycles. The van der Waals surface area contributed by atoms with Crippen molar-refractivity contribution in [2.24, 2.45) is 11.3 Å². The number of amides is 1. The van der Waals surface area contributed by atoms with E-state index in [9.17, 15) is 27.5 Å². The van der Waals surface area contributed by atoms with E-state index < -0.39 is 47.9 Å². The van der Waals surface area contributed by atoms with Crippen LogP contribution in [-0.4, -0.2) is 107 Å². The second kappa shape index (κ2) is 14.2. The van der Waals surface area contributed by atoms with Gasteiger partial charge in [-0.1, -0.05) is 12.0 Å². The van der Waals surface area contributed by atoms with Gasteiger partial charge in [0.15, 0.2) is 5.82 Å². The quantitative estimate of drug-likeness (QED) is 0.145. The Hall–Kier alpha value is -5.04. The first-order valence-electron chi connectivity index (χ1n) is 18.7. The molecule has 2 bridgehead atoms. The largest absolute Gasteiger partial charge is 0.508 e. The number of benzene rings is 2. The highest BCUT2D eigenvalue weighted by Gasteiger charge is 2.50. The second-order valence-corrected chi connectivity index (χ2v) is 15.5. The fourth-order valence-corrected chi connectivity index (χ4v) is 8.55. The van der Waals surface area contributed by atoms with Crippen molar-refractivity contribution in [3.8, 4) is 41.2 Å². The first-order chi connectivity index (χ1) is 26.7. The Kier molecular flexibility index (Phi) is 9.57. The minimum atomic E-state index is -4.70. The molecule has 5 heterocycles. The van der Waals surface area contributed by atoms with E-state index in [0.717, 1.165) is 25.8 Å². The predicted molar refractivity (Wildman–Crippen MR) is 195 cm³/mol. The maximum absolute atomic E-state index is 17.2. The number of rotatable bonds is 9.